The molecule has 0 fully saturated rings. The first-order valence-electron chi connectivity index (χ1n) is 12.0. The van der Waals surface area contributed by atoms with Gasteiger partial charge in [-0.25, -0.2) is 4.98 Å². The molecule has 0 bridgehead atoms. The van der Waals surface area contributed by atoms with E-state index in [0.29, 0.717) is 6.54 Å². The zero-order valence-electron chi connectivity index (χ0n) is 20.8. The van der Waals surface area contributed by atoms with E-state index >= 15 is 0 Å². The van der Waals surface area contributed by atoms with Gasteiger partial charge in [0.05, 0.1) is 16.8 Å². The fraction of sp³-hybridized carbons (Fsp3) is 0.370. The maximum absolute atomic E-state index is 13.1. The lowest BCUT2D eigenvalue weighted by Gasteiger charge is -2.35. The molecule has 4 heterocycles. The van der Waals surface area contributed by atoms with E-state index in [2.05, 4.69) is 55.5 Å². The van der Waals surface area contributed by atoms with Gasteiger partial charge in [0, 0.05) is 59.5 Å². The van der Waals surface area contributed by atoms with Gasteiger partial charge in [-0.05, 0) is 70.3 Å². The number of carbonyl (C=O) groups excluding carboxylic acids is 1. The number of fused-ring (bicyclic) bond motifs is 2. The Morgan fingerprint density at radius 2 is 2.11 bits per heavy atom. The fourth-order valence-corrected chi connectivity index (χ4v) is 5.73. The van der Waals surface area contributed by atoms with Crippen LogP contribution in [0.25, 0.3) is 16.6 Å². The number of aromatic nitrogens is 2. The number of nitrogens with one attached hydrogen (secondary N) is 2. The van der Waals surface area contributed by atoms with Crippen LogP contribution in [0, 0.1) is 5.41 Å². The molecule has 2 aromatic heterocycles. The van der Waals surface area contributed by atoms with Crippen LogP contribution in [-0.2, 0) is 4.79 Å². The first-order valence-corrected chi connectivity index (χ1v) is 13.0. The van der Waals surface area contributed by atoms with E-state index in [4.69, 9.17) is 0 Å². The quantitative estimate of drug-likeness (QED) is 0.491. The van der Waals surface area contributed by atoms with E-state index in [-0.39, 0.29) is 5.91 Å². The van der Waals surface area contributed by atoms with Gasteiger partial charge >= 0.3 is 0 Å². The van der Waals surface area contributed by atoms with Crippen LogP contribution >= 0.6 is 11.8 Å². The molecule has 1 amide bonds. The molecule has 182 valence electrons. The van der Waals surface area contributed by atoms with Crippen LogP contribution < -0.4 is 5.32 Å². The van der Waals surface area contributed by atoms with Crippen LogP contribution in [0.15, 0.2) is 52.5 Å². The number of carbonyl (C=O) groups is 1. The monoisotopic (exact) mass is 488 g/mol. The molecule has 0 radical (unpaired) electrons. The van der Waals surface area contributed by atoms with Crippen LogP contribution in [-0.4, -0.2) is 71.4 Å². The Kier molecular flexibility index (Phi) is 6.42. The summed E-state index contributed by atoms with van der Waals surface area (Å²) in [6.07, 6.45) is 6.77. The van der Waals surface area contributed by atoms with Gasteiger partial charge in [-0.15, -0.1) is 11.8 Å². The SMILES string of the molecule is CN(C)CC(C)(C)C(=O)N1CC=C(c2cc3c(Nc4ccc5c(c4)SCC=N5)ccnc3[nH]2)CC1. The summed E-state index contributed by atoms with van der Waals surface area (Å²) in [6, 6.07) is 10.5. The third-order valence-corrected chi connectivity index (χ3v) is 7.40. The van der Waals surface area contributed by atoms with Gasteiger partial charge in [0.1, 0.15) is 5.65 Å². The summed E-state index contributed by atoms with van der Waals surface area (Å²) < 4.78 is 0. The highest BCUT2D eigenvalue weighted by molar-refractivity contribution is 8.00. The zero-order chi connectivity index (χ0) is 24.6. The lowest BCUT2D eigenvalue weighted by Crippen LogP contribution is -2.47. The number of benzene rings is 1. The van der Waals surface area contributed by atoms with Crippen molar-refractivity contribution in [2.45, 2.75) is 25.2 Å². The Hall–Kier alpha value is -3.10. The number of aliphatic imine (C=N–C) groups is 1. The number of nitrogens with zero attached hydrogens (tertiary/aromatic N) is 4. The number of anilines is 2. The maximum Gasteiger partial charge on any atom is 0.229 e. The first kappa shape index (κ1) is 23.6. The molecule has 1 aromatic carbocycles. The normalized spacial score (nSPS) is 15.9. The van der Waals surface area contributed by atoms with Crippen LogP contribution in [0.2, 0.25) is 0 Å². The lowest BCUT2D eigenvalue weighted by atomic mass is 9.90. The molecule has 2 aliphatic heterocycles. The van der Waals surface area contributed by atoms with Crippen LogP contribution in [0.1, 0.15) is 26.0 Å². The number of aromatic amines is 1. The summed E-state index contributed by atoms with van der Waals surface area (Å²) in [6.45, 7) is 6.15. The predicted molar refractivity (Wildman–Crippen MR) is 146 cm³/mol. The van der Waals surface area contributed by atoms with Crippen LogP contribution in [0.4, 0.5) is 17.1 Å². The van der Waals surface area contributed by atoms with Gasteiger partial charge in [-0.2, -0.15) is 0 Å². The van der Waals surface area contributed by atoms with Gasteiger partial charge < -0.3 is 20.1 Å². The second kappa shape index (κ2) is 9.51. The van der Waals surface area contributed by atoms with Crippen molar-refractivity contribution in [2.24, 2.45) is 10.4 Å². The molecule has 0 spiro atoms. The van der Waals surface area contributed by atoms with Crippen LogP contribution in [0.5, 0.6) is 0 Å². The number of rotatable bonds is 6. The van der Waals surface area contributed by atoms with E-state index in [1.54, 1.807) is 11.8 Å². The molecular formula is C27H32N6OS. The Morgan fingerprint density at radius 1 is 1.26 bits per heavy atom. The number of hydrogen-bond acceptors (Lipinski definition) is 6. The highest BCUT2D eigenvalue weighted by Crippen LogP contribution is 2.36. The molecule has 8 heteroatoms. The van der Waals surface area contributed by atoms with Crippen molar-refractivity contribution >= 4 is 57.6 Å². The van der Waals surface area contributed by atoms with E-state index in [1.807, 2.05) is 51.3 Å². The fourth-order valence-electron chi connectivity index (χ4n) is 4.93. The molecule has 0 saturated carbocycles. The first-order chi connectivity index (χ1) is 16.8. The molecule has 0 aliphatic carbocycles. The Morgan fingerprint density at radius 3 is 2.89 bits per heavy atom. The summed E-state index contributed by atoms with van der Waals surface area (Å²) in [5.74, 6) is 1.11. The van der Waals surface area contributed by atoms with Gasteiger partial charge in [0.25, 0.3) is 0 Å². The molecular weight excluding hydrogens is 456 g/mol. The highest BCUT2D eigenvalue weighted by atomic mass is 32.2. The third-order valence-electron chi connectivity index (χ3n) is 6.45. The molecule has 35 heavy (non-hydrogen) atoms. The second-order valence-electron chi connectivity index (χ2n) is 10.1. The Labute approximate surface area is 210 Å². The van der Waals surface area contributed by atoms with E-state index in [9.17, 15) is 4.79 Å². The minimum atomic E-state index is -0.401. The molecule has 2 aliphatic rings. The summed E-state index contributed by atoms with van der Waals surface area (Å²) >= 11 is 1.80. The molecule has 7 nitrogen and oxygen atoms in total. The van der Waals surface area contributed by atoms with Gasteiger partial charge in [0.2, 0.25) is 5.91 Å². The third kappa shape index (κ3) is 4.99. The maximum atomic E-state index is 13.1. The smallest absolute Gasteiger partial charge is 0.229 e. The largest absolute Gasteiger partial charge is 0.355 e. The number of pyridine rings is 1. The molecule has 3 aromatic rings. The minimum absolute atomic E-state index is 0.209. The average molecular weight is 489 g/mol. The van der Waals surface area contributed by atoms with Gasteiger partial charge in [0.15, 0.2) is 0 Å². The number of H-pyrrole nitrogens is 1. The number of thioether (sulfide) groups is 1. The number of amides is 1. The molecule has 0 atom stereocenters. The second-order valence-corrected chi connectivity index (χ2v) is 11.1. The number of hydrogen-bond donors (Lipinski definition) is 2. The zero-order valence-corrected chi connectivity index (χ0v) is 21.6. The van der Waals surface area contributed by atoms with Gasteiger partial charge in [-0.1, -0.05) is 6.08 Å². The van der Waals surface area contributed by atoms with Gasteiger partial charge in [-0.3, -0.25) is 9.79 Å². The summed E-state index contributed by atoms with van der Waals surface area (Å²) in [4.78, 5) is 30.8. The van der Waals surface area contributed by atoms with Crippen molar-refractivity contribution in [1.29, 1.82) is 0 Å². The lowest BCUT2D eigenvalue weighted by molar-refractivity contribution is -0.140. The van der Waals surface area contributed by atoms with Crippen LogP contribution in [0.3, 0.4) is 0 Å². The predicted octanol–water partition coefficient (Wildman–Crippen LogP) is 5.32. The summed E-state index contributed by atoms with van der Waals surface area (Å²) in [7, 11) is 4.02. The molecule has 0 unspecified atom stereocenters. The summed E-state index contributed by atoms with van der Waals surface area (Å²) in [5, 5.41) is 4.62. The van der Waals surface area contributed by atoms with E-state index in [0.717, 1.165) is 59.1 Å². The Bertz CT molecular complexity index is 1320. The van der Waals surface area contributed by atoms with Crippen molar-refractivity contribution in [1.82, 2.24) is 19.8 Å². The van der Waals surface area contributed by atoms with E-state index < -0.39 is 5.41 Å². The molecule has 2 N–H and O–H groups in total. The van der Waals surface area contributed by atoms with Crippen molar-refractivity contribution in [3.05, 3.63) is 48.3 Å². The highest BCUT2D eigenvalue weighted by Gasteiger charge is 2.33. The van der Waals surface area contributed by atoms with Crippen molar-refractivity contribution < 1.29 is 4.79 Å². The standard InChI is InChI=1S/C27H32N6OS/c1-27(2,17-32(3)4)26(34)33-12-8-18(9-13-33)23-16-20-21(7-10-29-25(20)31-23)30-19-5-6-22-24(15-19)35-14-11-28-22/h5-8,10-11,15-16H,9,12-14,17H2,1-4H3,(H2,29,30,31). The van der Waals surface area contributed by atoms with Crippen molar-refractivity contribution in [2.75, 3.05) is 44.8 Å². The molecule has 0 saturated heterocycles. The summed E-state index contributed by atoms with van der Waals surface area (Å²) in [5.41, 5.74) is 5.83. The van der Waals surface area contributed by atoms with E-state index in [1.165, 1.54) is 10.5 Å². The minimum Gasteiger partial charge on any atom is -0.355 e. The average Bonchev–Trinajstić information content (AvgIpc) is 3.28. The van der Waals surface area contributed by atoms with Crippen molar-refractivity contribution in [3.63, 3.8) is 0 Å². The van der Waals surface area contributed by atoms with Crippen molar-refractivity contribution in [3.8, 4) is 0 Å². The topological polar surface area (TPSA) is 76.6 Å². The Balaban J connectivity index is 1.34. The molecule has 5 rings (SSSR count).